The summed E-state index contributed by atoms with van der Waals surface area (Å²) in [5.41, 5.74) is 2.38. The van der Waals surface area contributed by atoms with Crippen LogP contribution in [0.3, 0.4) is 0 Å². The second-order valence-electron chi connectivity index (χ2n) is 8.34. The van der Waals surface area contributed by atoms with Crippen molar-refractivity contribution in [2.75, 3.05) is 35.7 Å². The molecular weight excluding hydrogens is 482 g/mol. The summed E-state index contributed by atoms with van der Waals surface area (Å²) in [6, 6.07) is 13.0. The zero-order valence-electron chi connectivity index (χ0n) is 21.0. The molecule has 2 atom stereocenters. The number of nitrogens with zero attached hydrogens (tertiary/aromatic N) is 5. The minimum atomic E-state index is -0.598. The Morgan fingerprint density at radius 3 is 2.39 bits per heavy atom. The molecule has 0 saturated heterocycles. The van der Waals surface area contributed by atoms with Crippen LogP contribution in [0.4, 0.5) is 33.0 Å². The number of hydrogen-bond acceptors (Lipinski definition) is 10. The van der Waals surface area contributed by atoms with Crippen molar-refractivity contribution < 1.29 is 24.4 Å². The number of aromatic nitrogens is 2. The van der Waals surface area contributed by atoms with Gasteiger partial charge in [-0.15, -0.1) is 4.68 Å². The van der Waals surface area contributed by atoms with Gasteiger partial charge in [0.15, 0.2) is 0 Å². The maximum Gasteiger partial charge on any atom is 0.431 e. The van der Waals surface area contributed by atoms with Crippen molar-refractivity contribution in [2.45, 2.75) is 33.0 Å². The molecule has 36 heavy (non-hydrogen) atoms. The van der Waals surface area contributed by atoms with Crippen LogP contribution in [0.15, 0.2) is 52.7 Å². The van der Waals surface area contributed by atoms with Gasteiger partial charge < -0.3 is 30.5 Å². The molecule has 11 nitrogen and oxygen atoms in total. The van der Waals surface area contributed by atoms with Crippen LogP contribution in [0.5, 0.6) is 5.75 Å². The van der Waals surface area contributed by atoms with Crippen LogP contribution in [0.1, 0.15) is 20.8 Å². The molecule has 0 aliphatic carbocycles. The van der Waals surface area contributed by atoms with Crippen LogP contribution in [0.25, 0.3) is 0 Å². The third-order valence-electron chi connectivity index (χ3n) is 4.86. The van der Waals surface area contributed by atoms with Gasteiger partial charge in [-0.1, -0.05) is 23.3 Å². The third-order valence-corrected chi connectivity index (χ3v) is 5.91. The zero-order valence-corrected chi connectivity index (χ0v) is 21.8. The molecule has 1 amide bonds. The minimum Gasteiger partial charge on any atom is -0.494 e. The third kappa shape index (κ3) is 7.44. The molecule has 2 unspecified atom stereocenters. The standard InChI is InChI=1S/C24H31N7O4S/c1-15(32)13-31(14-16(2)33)24-29-30(4)23(36-24)28-27-20-12-22(35-5)21(11-19(20)25-17(3)34)26-18-9-7-6-8-10-18/h6-12,15-16,32-33H,13-14H2,1-5H3,(H,25,26,34)/p+1. The minimum absolute atomic E-state index is 0.250. The van der Waals surface area contributed by atoms with Crippen LogP contribution >= 0.6 is 11.3 Å². The second-order valence-corrected chi connectivity index (χ2v) is 9.27. The number of aliphatic hydroxyl groups excluding tert-OH is 2. The van der Waals surface area contributed by atoms with E-state index in [1.807, 2.05) is 30.3 Å². The molecule has 1 heterocycles. The van der Waals surface area contributed by atoms with Crippen molar-refractivity contribution in [1.82, 2.24) is 5.10 Å². The molecule has 0 spiro atoms. The van der Waals surface area contributed by atoms with Crippen molar-refractivity contribution in [3.63, 3.8) is 0 Å². The molecule has 1 aromatic heterocycles. The van der Waals surface area contributed by atoms with Gasteiger partial charge in [0.25, 0.3) is 0 Å². The first-order valence-corrected chi connectivity index (χ1v) is 12.2. The molecule has 0 radical (unpaired) electrons. The monoisotopic (exact) mass is 514 g/mol. The molecule has 0 aliphatic heterocycles. The van der Waals surface area contributed by atoms with Crippen molar-refractivity contribution in [1.29, 1.82) is 0 Å². The summed E-state index contributed by atoms with van der Waals surface area (Å²) in [5, 5.41) is 40.1. The molecule has 0 bridgehead atoms. The van der Waals surface area contributed by atoms with Gasteiger partial charge >= 0.3 is 5.13 Å². The maximum atomic E-state index is 11.9. The Balaban J connectivity index is 1.94. The first-order chi connectivity index (χ1) is 17.2. The number of nitrogens with one attached hydrogen (secondary N) is 2. The van der Waals surface area contributed by atoms with Crippen LogP contribution in [0, 0.1) is 0 Å². The summed E-state index contributed by atoms with van der Waals surface area (Å²) in [6.07, 6.45) is -1.20. The predicted octanol–water partition coefficient (Wildman–Crippen LogP) is 3.66. The van der Waals surface area contributed by atoms with E-state index in [-0.39, 0.29) is 5.91 Å². The smallest absolute Gasteiger partial charge is 0.431 e. The van der Waals surface area contributed by atoms with E-state index in [0.29, 0.717) is 46.2 Å². The Kier molecular flexibility index (Phi) is 9.28. The number of rotatable bonds is 11. The van der Waals surface area contributed by atoms with E-state index in [9.17, 15) is 15.0 Å². The fourth-order valence-corrected chi connectivity index (χ4v) is 4.26. The summed E-state index contributed by atoms with van der Waals surface area (Å²) in [7, 11) is 3.29. The number of amides is 1. The van der Waals surface area contributed by atoms with Gasteiger partial charge in [0, 0.05) is 31.8 Å². The lowest BCUT2D eigenvalue weighted by atomic mass is 10.2. The van der Waals surface area contributed by atoms with Crippen molar-refractivity contribution in [3.05, 3.63) is 42.5 Å². The number of methoxy groups -OCH3 is 1. The van der Waals surface area contributed by atoms with E-state index in [0.717, 1.165) is 5.69 Å². The normalized spacial score (nSPS) is 12.9. The molecule has 4 N–H and O–H groups in total. The van der Waals surface area contributed by atoms with Gasteiger partial charge in [-0.05, 0) is 48.5 Å². The van der Waals surface area contributed by atoms with E-state index in [2.05, 4.69) is 26.0 Å². The molecule has 0 aliphatic rings. The second kappa shape index (κ2) is 12.4. The van der Waals surface area contributed by atoms with Crippen LogP contribution < -0.4 is 25.0 Å². The molecule has 2 aromatic carbocycles. The van der Waals surface area contributed by atoms with Crippen LogP contribution in [-0.2, 0) is 11.8 Å². The Morgan fingerprint density at radius 1 is 1.14 bits per heavy atom. The van der Waals surface area contributed by atoms with Gasteiger partial charge in [-0.2, -0.15) is 0 Å². The molecule has 192 valence electrons. The number of azo groups is 1. The van der Waals surface area contributed by atoms with E-state index in [1.54, 1.807) is 49.7 Å². The molecule has 12 heteroatoms. The quantitative estimate of drug-likeness (QED) is 0.226. The summed E-state index contributed by atoms with van der Waals surface area (Å²) in [4.78, 5) is 13.7. The van der Waals surface area contributed by atoms with Gasteiger partial charge in [0.2, 0.25) is 11.0 Å². The number of hydrogen-bond donors (Lipinski definition) is 4. The summed E-state index contributed by atoms with van der Waals surface area (Å²) in [6.45, 7) is 5.40. The highest BCUT2D eigenvalue weighted by molar-refractivity contribution is 7.18. The Labute approximate surface area is 214 Å². The molecule has 3 aromatic rings. The fraction of sp³-hybridized carbons (Fsp3) is 0.375. The van der Waals surface area contributed by atoms with Crippen molar-refractivity contribution in [2.24, 2.45) is 17.3 Å². The Morgan fingerprint density at radius 2 is 1.81 bits per heavy atom. The number of ether oxygens (including phenoxy) is 1. The zero-order chi connectivity index (χ0) is 26.2. The number of aryl methyl sites for hydroxylation is 1. The van der Waals surface area contributed by atoms with E-state index in [4.69, 9.17) is 4.74 Å². The molecular formula is C24H32N7O4S+. The number of carbonyl (C=O) groups excluding carboxylic acids is 1. The molecule has 0 fully saturated rings. The Hall–Kier alpha value is -3.61. The van der Waals surface area contributed by atoms with Gasteiger partial charge in [-0.3, -0.25) is 4.79 Å². The molecule has 3 rings (SSSR count). The fourth-order valence-electron chi connectivity index (χ4n) is 3.40. The number of anilines is 4. The van der Waals surface area contributed by atoms with E-state index >= 15 is 0 Å². The average Bonchev–Trinajstić information content (AvgIpc) is 3.18. The van der Waals surface area contributed by atoms with Gasteiger partial charge in [0.05, 0.1) is 35.8 Å². The summed E-state index contributed by atoms with van der Waals surface area (Å²) in [5.74, 6) is 0.274. The van der Waals surface area contributed by atoms with Crippen LogP contribution in [-0.4, -0.2) is 53.6 Å². The first kappa shape index (κ1) is 27.0. The summed E-state index contributed by atoms with van der Waals surface area (Å²) < 4.78 is 7.13. The van der Waals surface area contributed by atoms with Crippen LogP contribution in [0.2, 0.25) is 0 Å². The van der Waals surface area contributed by atoms with Crippen molar-refractivity contribution in [3.8, 4) is 5.75 Å². The molecule has 0 saturated carbocycles. The van der Waals surface area contributed by atoms with Gasteiger partial charge in [0.1, 0.15) is 18.5 Å². The highest BCUT2D eigenvalue weighted by Crippen LogP contribution is 2.39. The largest absolute Gasteiger partial charge is 0.494 e. The van der Waals surface area contributed by atoms with Gasteiger partial charge in [-0.25, -0.2) is 0 Å². The predicted molar refractivity (Wildman–Crippen MR) is 140 cm³/mol. The SMILES string of the molecule is COc1cc(N=Nc2sc(N(CC(C)O)CC(C)O)n[n+]2C)c(NC(C)=O)cc1Nc1ccccc1. The van der Waals surface area contributed by atoms with E-state index < -0.39 is 12.2 Å². The lowest BCUT2D eigenvalue weighted by Crippen LogP contribution is -2.38. The number of para-hydroxylation sites is 1. The first-order valence-electron chi connectivity index (χ1n) is 11.4. The maximum absolute atomic E-state index is 11.9. The topological polar surface area (TPSA) is 136 Å². The van der Waals surface area contributed by atoms with E-state index in [1.165, 1.54) is 18.3 Å². The highest BCUT2D eigenvalue weighted by atomic mass is 32.1. The number of carbonyl (C=O) groups is 1. The lowest BCUT2D eigenvalue weighted by Gasteiger charge is -2.23. The number of benzene rings is 2. The Bertz CT molecular complexity index is 1190. The average molecular weight is 515 g/mol. The lowest BCUT2D eigenvalue weighted by molar-refractivity contribution is -0.712. The number of aliphatic hydroxyl groups is 2. The highest BCUT2D eigenvalue weighted by Gasteiger charge is 2.23. The summed E-state index contributed by atoms with van der Waals surface area (Å²) >= 11 is 1.27. The van der Waals surface area contributed by atoms with Crippen molar-refractivity contribution >= 4 is 50.3 Å².